The Hall–Kier alpha value is -0.300. The first kappa shape index (κ1) is 12.8. The summed E-state index contributed by atoms with van der Waals surface area (Å²) in [7, 11) is 2.09. The van der Waals surface area contributed by atoms with Gasteiger partial charge in [0.1, 0.15) is 0 Å². The maximum absolute atomic E-state index is 3.46. The Kier molecular flexibility index (Phi) is 5.38. The van der Waals surface area contributed by atoms with Crippen molar-refractivity contribution in [3.8, 4) is 0 Å². The van der Waals surface area contributed by atoms with Crippen molar-refractivity contribution in [3.63, 3.8) is 0 Å². The monoisotopic (exact) mass is 209 g/mol. The fraction of sp³-hybridized carbons (Fsp3) is 0.857. The highest BCUT2D eigenvalue weighted by molar-refractivity contribution is 5.03. The second kappa shape index (κ2) is 6.32. The molecule has 0 aromatic heterocycles. The minimum Gasteiger partial charge on any atom is -0.313 e. The summed E-state index contributed by atoms with van der Waals surface area (Å²) in [6.07, 6.45) is 9.48. The van der Waals surface area contributed by atoms with Gasteiger partial charge in [0.2, 0.25) is 0 Å². The molecule has 1 aliphatic carbocycles. The van der Waals surface area contributed by atoms with Gasteiger partial charge < -0.3 is 5.32 Å². The molecule has 0 amide bonds. The van der Waals surface area contributed by atoms with Crippen LogP contribution in [0.4, 0.5) is 0 Å². The summed E-state index contributed by atoms with van der Waals surface area (Å²) in [6.45, 7) is 6.72. The quantitative estimate of drug-likeness (QED) is 0.695. The van der Waals surface area contributed by atoms with Gasteiger partial charge in [-0.05, 0) is 45.6 Å². The van der Waals surface area contributed by atoms with Crippen LogP contribution in [-0.2, 0) is 0 Å². The van der Waals surface area contributed by atoms with E-state index in [1.165, 1.54) is 37.7 Å². The highest BCUT2D eigenvalue weighted by Crippen LogP contribution is 2.32. The first-order valence-electron chi connectivity index (χ1n) is 6.49. The van der Waals surface area contributed by atoms with Crippen LogP contribution in [0.25, 0.3) is 0 Å². The Labute approximate surface area is 95.3 Å². The topological polar surface area (TPSA) is 12.0 Å². The number of nitrogens with one attached hydrogen (secondary N) is 1. The largest absolute Gasteiger partial charge is 0.313 e. The smallest absolute Gasteiger partial charge is 0.0277 e. The lowest BCUT2D eigenvalue weighted by Crippen LogP contribution is -2.34. The Morgan fingerprint density at radius 2 is 1.87 bits per heavy atom. The van der Waals surface area contributed by atoms with Crippen LogP contribution >= 0.6 is 0 Å². The predicted molar refractivity (Wildman–Crippen MR) is 68.0 cm³/mol. The molecule has 0 heterocycles. The fourth-order valence-corrected chi connectivity index (χ4v) is 2.77. The van der Waals surface area contributed by atoms with E-state index in [9.17, 15) is 0 Å². The summed E-state index contributed by atoms with van der Waals surface area (Å²) < 4.78 is 0. The van der Waals surface area contributed by atoms with Gasteiger partial charge in [0.15, 0.2) is 0 Å². The van der Waals surface area contributed by atoms with Crippen LogP contribution in [0.2, 0.25) is 0 Å². The van der Waals surface area contributed by atoms with Gasteiger partial charge in [0.25, 0.3) is 0 Å². The Morgan fingerprint density at radius 3 is 2.27 bits per heavy atom. The van der Waals surface area contributed by atoms with Crippen LogP contribution in [0.3, 0.4) is 0 Å². The lowest BCUT2D eigenvalue weighted by Gasteiger charge is -2.32. The fourth-order valence-electron chi connectivity index (χ4n) is 2.77. The van der Waals surface area contributed by atoms with E-state index < -0.39 is 0 Å². The maximum atomic E-state index is 3.46. The molecule has 1 N–H and O–H groups in total. The van der Waals surface area contributed by atoms with E-state index in [0.717, 1.165) is 11.8 Å². The number of rotatable bonds is 4. The summed E-state index contributed by atoms with van der Waals surface area (Å²) in [6, 6.07) is 0.604. The van der Waals surface area contributed by atoms with Crippen LogP contribution in [-0.4, -0.2) is 13.1 Å². The number of allylic oxidation sites excluding steroid dienone is 1. The third-order valence-corrected chi connectivity index (χ3v) is 3.82. The molecular formula is C14H27N. The van der Waals surface area contributed by atoms with Gasteiger partial charge >= 0.3 is 0 Å². The summed E-state index contributed by atoms with van der Waals surface area (Å²) in [5, 5.41) is 3.46. The average molecular weight is 209 g/mol. The highest BCUT2D eigenvalue weighted by atomic mass is 14.9. The molecule has 0 aromatic carbocycles. The molecule has 1 fully saturated rings. The lowest BCUT2D eigenvalue weighted by molar-refractivity contribution is 0.242. The molecule has 1 aliphatic rings. The zero-order chi connectivity index (χ0) is 11.3. The molecule has 1 atom stereocenters. The van der Waals surface area contributed by atoms with Crippen molar-refractivity contribution in [1.82, 2.24) is 5.32 Å². The number of likely N-dealkylation sites (N-methyl/N-ethyl adjacent to an activating group) is 1. The van der Waals surface area contributed by atoms with E-state index in [1.807, 2.05) is 0 Å². The van der Waals surface area contributed by atoms with Crippen molar-refractivity contribution in [2.24, 2.45) is 11.8 Å². The summed E-state index contributed by atoms with van der Waals surface area (Å²) in [4.78, 5) is 0. The van der Waals surface area contributed by atoms with Gasteiger partial charge in [0, 0.05) is 6.04 Å². The van der Waals surface area contributed by atoms with Gasteiger partial charge in [-0.15, -0.1) is 0 Å². The van der Waals surface area contributed by atoms with Crippen LogP contribution in [0.15, 0.2) is 11.6 Å². The van der Waals surface area contributed by atoms with Crippen LogP contribution < -0.4 is 5.32 Å². The summed E-state index contributed by atoms with van der Waals surface area (Å²) in [5.74, 6) is 1.87. The van der Waals surface area contributed by atoms with Gasteiger partial charge in [-0.25, -0.2) is 0 Å². The second-order valence-electron chi connectivity index (χ2n) is 5.25. The minimum absolute atomic E-state index is 0.604. The van der Waals surface area contributed by atoms with E-state index in [0.29, 0.717) is 6.04 Å². The molecule has 15 heavy (non-hydrogen) atoms. The minimum atomic E-state index is 0.604. The van der Waals surface area contributed by atoms with E-state index in [1.54, 1.807) is 0 Å². The molecule has 0 aliphatic heterocycles. The molecule has 1 saturated carbocycles. The molecule has 1 unspecified atom stereocenters. The van der Waals surface area contributed by atoms with Gasteiger partial charge in [0.05, 0.1) is 0 Å². The third kappa shape index (κ3) is 3.98. The molecule has 0 bridgehead atoms. The number of hydrogen-bond donors (Lipinski definition) is 1. The average Bonchev–Trinajstić information content (AvgIpc) is 2.26. The van der Waals surface area contributed by atoms with Crippen LogP contribution in [0, 0.1) is 11.8 Å². The van der Waals surface area contributed by atoms with Crippen molar-refractivity contribution in [3.05, 3.63) is 11.6 Å². The third-order valence-electron chi connectivity index (χ3n) is 3.82. The second-order valence-corrected chi connectivity index (χ2v) is 5.25. The van der Waals surface area contributed by atoms with E-state index in [2.05, 4.69) is 39.2 Å². The Balaban J connectivity index is 2.46. The molecule has 88 valence electrons. The van der Waals surface area contributed by atoms with Gasteiger partial charge in [-0.1, -0.05) is 37.8 Å². The highest BCUT2D eigenvalue weighted by Gasteiger charge is 2.24. The molecule has 0 aromatic rings. The van der Waals surface area contributed by atoms with Crippen molar-refractivity contribution >= 4 is 0 Å². The number of hydrogen-bond acceptors (Lipinski definition) is 1. The van der Waals surface area contributed by atoms with Crippen molar-refractivity contribution in [2.75, 3.05) is 7.05 Å². The van der Waals surface area contributed by atoms with Crippen LogP contribution in [0.1, 0.15) is 52.9 Å². The molecule has 1 rings (SSSR count). The molecular weight excluding hydrogens is 182 g/mol. The first-order valence-corrected chi connectivity index (χ1v) is 6.49. The van der Waals surface area contributed by atoms with Gasteiger partial charge in [-0.3, -0.25) is 0 Å². The Morgan fingerprint density at radius 1 is 1.27 bits per heavy atom. The van der Waals surface area contributed by atoms with E-state index in [-0.39, 0.29) is 0 Å². The molecule has 1 nitrogen and oxygen atoms in total. The van der Waals surface area contributed by atoms with Crippen molar-refractivity contribution in [2.45, 2.75) is 58.9 Å². The lowest BCUT2D eigenvalue weighted by atomic mass is 9.77. The van der Waals surface area contributed by atoms with Crippen LogP contribution in [0.5, 0.6) is 0 Å². The normalized spacial score (nSPS) is 28.5. The maximum Gasteiger partial charge on any atom is 0.0277 e. The molecule has 0 saturated heterocycles. The van der Waals surface area contributed by atoms with Crippen molar-refractivity contribution in [1.29, 1.82) is 0 Å². The molecule has 0 spiro atoms. The predicted octanol–water partition coefficient (Wildman–Crippen LogP) is 3.76. The first-order chi connectivity index (χ1) is 7.17. The molecule has 0 radical (unpaired) electrons. The van der Waals surface area contributed by atoms with E-state index in [4.69, 9.17) is 0 Å². The zero-order valence-electron chi connectivity index (χ0n) is 10.8. The van der Waals surface area contributed by atoms with Gasteiger partial charge in [-0.2, -0.15) is 0 Å². The van der Waals surface area contributed by atoms with Crippen molar-refractivity contribution < 1.29 is 0 Å². The Bertz CT molecular complexity index is 195. The zero-order valence-corrected chi connectivity index (χ0v) is 10.8. The standard InChI is InChI=1S/C14H27N/c1-5-12-6-8-13(9-7-12)14(15-4)10-11(2)3/h10,12-15H,5-9H2,1-4H3. The summed E-state index contributed by atoms with van der Waals surface area (Å²) >= 11 is 0. The van der Waals surface area contributed by atoms with E-state index >= 15 is 0 Å². The molecule has 1 heteroatoms. The SMILES string of the molecule is CCC1CCC(C(C=C(C)C)NC)CC1. The summed E-state index contributed by atoms with van der Waals surface area (Å²) in [5.41, 5.74) is 1.44.